The van der Waals surface area contributed by atoms with Crippen LogP contribution < -0.4 is 10.9 Å². The molecule has 2 aromatic carbocycles. The number of amides is 2. The number of carbonyl (C=O) groups excluding carboxylic acids is 2. The third kappa shape index (κ3) is 4.31. The molecule has 0 aliphatic heterocycles. The molecule has 0 saturated heterocycles. The lowest BCUT2D eigenvalue weighted by atomic mass is 10.1. The van der Waals surface area contributed by atoms with Crippen LogP contribution in [0.3, 0.4) is 0 Å². The standard InChI is InChI=1S/C16H15FN2O3/c17-12-5-3-4-11(10-12)8-9-15(21)18-19-16(22)13-6-1-2-7-14(13)20/h1-7,10,20H,8-9H2,(H,18,21)(H,19,22). The van der Waals surface area contributed by atoms with Crippen LogP contribution in [0.5, 0.6) is 5.75 Å². The van der Waals surface area contributed by atoms with Crippen molar-refractivity contribution in [2.75, 3.05) is 0 Å². The number of carbonyl (C=O) groups is 2. The molecule has 0 fully saturated rings. The first-order valence-electron chi connectivity index (χ1n) is 6.68. The summed E-state index contributed by atoms with van der Waals surface area (Å²) in [5.74, 6) is -1.55. The molecule has 0 atom stereocenters. The highest BCUT2D eigenvalue weighted by molar-refractivity contribution is 5.97. The van der Waals surface area contributed by atoms with Crippen LogP contribution in [0.4, 0.5) is 4.39 Å². The predicted octanol–water partition coefficient (Wildman–Crippen LogP) is 1.93. The molecule has 6 heteroatoms. The molecule has 0 aliphatic carbocycles. The van der Waals surface area contributed by atoms with Gasteiger partial charge in [-0.25, -0.2) is 4.39 Å². The molecular formula is C16H15FN2O3. The van der Waals surface area contributed by atoms with E-state index in [1.54, 1.807) is 24.3 Å². The predicted molar refractivity (Wildman–Crippen MR) is 78.4 cm³/mol. The van der Waals surface area contributed by atoms with Gasteiger partial charge in [0.2, 0.25) is 5.91 Å². The second-order valence-corrected chi connectivity index (χ2v) is 4.65. The maximum atomic E-state index is 13.0. The van der Waals surface area contributed by atoms with E-state index >= 15 is 0 Å². The lowest BCUT2D eigenvalue weighted by Gasteiger charge is -2.08. The fourth-order valence-corrected chi connectivity index (χ4v) is 1.87. The van der Waals surface area contributed by atoms with Crippen molar-refractivity contribution in [3.8, 4) is 5.75 Å². The normalized spacial score (nSPS) is 10.0. The third-order valence-electron chi connectivity index (χ3n) is 2.99. The van der Waals surface area contributed by atoms with Crippen molar-refractivity contribution in [2.45, 2.75) is 12.8 Å². The highest BCUT2D eigenvalue weighted by Gasteiger charge is 2.11. The molecule has 0 heterocycles. The Labute approximate surface area is 126 Å². The molecule has 2 rings (SSSR count). The van der Waals surface area contributed by atoms with Crippen molar-refractivity contribution >= 4 is 11.8 Å². The van der Waals surface area contributed by atoms with Gasteiger partial charge in [-0.15, -0.1) is 0 Å². The fourth-order valence-electron chi connectivity index (χ4n) is 1.87. The van der Waals surface area contributed by atoms with Gasteiger partial charge in [0.05, 0.1) is 5.56 Å². The van der Waals surface area contributed by atoms with Crippen LogP contribution in [0, 0.1) is 5.82 Å². The first kappa shape index (κ1) is 15.5. The highest BCUT2D eigenvalue weighted by Crippen LogP contribution is 2.14. The number of benzene rings is 2. The number of para-hydroxylation sites is 1. The van der Waals surface area contributed by atoms with Gasteiger partial charge in [0, 0.05) is 6.42 Å². The maximum Gasteiger partial charge on any atom is 0.273 e. The zero-order chi connectivity index (χ0) is 15.9. The molecule has 114 valence electrons. The van der Waals surface area contributed by atoms with E-state index in [-0.39, 0.29) is 23.6 Å². The van der Waals surface area contributed by atoms with Gasteiger partial charge >= 0.3 is 0 Å². The molecule has 0 bridgehead atoms. The largest absolute Gasteiger partial charge is 0.507 e. The summed E-state index contributed by atoms with van der Waals surface area (Å²) in [4.78, 5) is 23.4. The summed E-state index contributed by atoms with van der Waals surface area (Å²) in [5.41, 5.74) is 5.22. The Bertz CT molecular complexity index is 689. The number of rotatable bonds is 4. The molecular weight excluding hydrogens is 287 g/mol. The summed E-state index contributed by atoms with van der Waals surface area (Å²) < 4.78 is 13.0. The Morgan fingerprint density at radius 2 is 1.82 bits per heavy atom. The number of hydrogen-bond donors (Lipinski definition) is 3. The van der Waals surface area contributed by atoms with E-state index in [0.717, 1.165) is 0 Å². The van der Waals surface area contributed by atoms with Crippen molar-refractivity contribution in [2.24, 2.45) is 0 Å². The summed E-state index contributed by atoms with van der Waals surface area (Å²) in [5, 5.41) is 9.52. The lowest BCUT2D eigenvalue weighted by Crippen LogP contribution is -2.41. The topological polar surface area (TPSA) is 78.4 Å². The molecule has 0 spiro atoms. The lowest BCUT2D eigenvalue weighted by molar-refractivity contribution is -0.121. The van der Waals surface area contributed by atoms with E-state index in [4.69, 9.17) is 0 Å². The van der Waals surface area contributed by atoms with Crippen molar-refractivity contribution in [1.82, 2.24) is 10.9 Å². The van der Waals surface area contributed by atoms with E-state index in [1.165, 1.54) is 24.3 Å². The van der Waals surface area contributed by atoms with Crippen molar-refractivity contribution < 1.29 is 19.1 Å². The number of aromatic hydroxyl groups is 1. The van der Waals surface area contributed by atoms with Crippen LogP contribution in [0.2, 0.25) is 0 Å². The van der Waals surface area contributed by atoms with Crippen LogP contribution in [0.1, 0.15) is 22.3 Å². The van der Waals surface area contributed by atoms with Gasteiger partial charge in [0.1, 0.15) is 11.6 Å². The summed E-state index contributed by atoms with van der Waals surface area (Å²) in [6.07, 6.45) is 0.459. The molecule has 5 nitrogen and oxygen atoms in total. The summed E-state index contributed by atoms with van der Waals surface area (Å²) in [7, 11) is 0. The summed E-state index contributed by atoms with van der Waals surface area (Å²) in [6, 6.07) is 12.0. The summed E-state index contributed by atoms with van der Waals surface area (Å²) >= 11 is 0. The van der Waals surface area contributed by atoms with E-state index in [9.17, 15) is 19.1 Å². The quantitative estimate of drug-likeness (QED) is 0.755. The molecule has 3 N–H and O–H groups in total. The van der Waals surface area contributed by atoms with Crippen LogP contribution in [-0.4, -0.2) is 16.9 Å². The van der Waals surface area contributed by atoms with Crippen molar-refractivity contribution in [3.05, 3.63) is 65.5 Å². The van der Waals surface area contributed by atoms with Crippen LogP contribution in [-0.2, 0) is 11.2 Å². The minimum Gasteiger partial charge on any atom is -0.507 e. The Morgan fingerprint density at radius 1 is 1.05 bits per heavy atom. The molecule has 0 unspecified atom stereocenters. The van der Waals surface area contributed by atoms with E-state index in [0.29, 0.717) is 12.0 Å². The minimum atomic E-state index is -0.614. The Balaban J connectivity index is 1.81. The Morgan fingerprint density at radius 3 is 2.55 bits per heavy atom. The number of aryl methyl sites for hydroxylation is 1. The van der Waals surface area contributed by atoms with Gasteiger partial charge in [-0.05, 0) is 36.2 Å². The molecule has 2 amide bonds. The minimum absolute atomic E-state index is 0.0629. The first-order chi connectivity index (χ1) is 10.6. The van der Waals surface area contributed by atoms with Gasteiger partial charge < -0.3 is 5.11 Å². The van der Waals surface area contributed by atoms with Crippen LogP contribution in [0.15, 0.2) is 48.5 Å². The average Bonchev–Trinajstić information content (AvgIpc) is 2.51. The molecule has 0 saturated carbocycles. The van der Waals surface area contributed by atoms with E-state index < -0.39 is 11.8 Å². The summed E-state index contributed by atoms with van der Waals surface area (Å²) in [6.45, 7) is 0. The molecule has 0 radical (unpaired) electrons. The van der Waals surface area contributed by atoms with Gasteiger partial charge in [-0.1, -0.05) is 24.3 Å². The van der Waals surface area contributed by atoms with E-state index in [1.807, 2.05) is 0 Å². The second kappa shape index (κ2) is 7.21. The van der Waals surface area contributed by atoms with Gasteiger partial charge in [0.25, 0.3) is 5.91 Å². The number of phenolic OH excluding ortho intramolecular Hbond substituents is 1. The molecule has 0 aliphatic rings. The zero-order valence-electron chi connectivity index (χ0n) is 11.7. The SMILES string of the molecule is O=C(CCc1cccc(F)c1)NNC(=O)c1ccccc1O. The van der Waals surface area contributed by atoms with Gasteiger partial charge in [-0.3, -0.25) is 20.4 Å². The van der Waals surface area contributed by atoms with E-state index in [2.05, 4.69) is 10.9 Å². The number of hydrogen-bond acceptors (Lipinski definition) is 3. The Hall–Kier alpha value is -2.89. The second-order valence-electron chi connectivity index (χ2n) is 4.65. The van der Waals surface area contributed by atoms with Gasteiger partial charge in [-0.2, -0.15) is 0 Å². The van der Waals surface area contributed by atoms with Crippen molar-refractivity contribution in [1.29, 1.82) is 0 Å². The molecule has 22 heavy (non-hydrogen) atoms. The Kier molecular flexibility index (Phi) is 5.08. The number of halogens is 1. The highest BCUT2D eigenvalue weighted by atomic mass is 19.1. The smallest absolute Gasteiger partial charge is 0.273 e. The molecule has 0 aromatic heterocycles. The monoisotopic (exact) mass is 302 g/mol. The zero-order valence-corrected chi connectivity index (χ0v) is 11.7. The number of hydrazine groups is 1. The first-order valence-corrected chi connectivity index (χ1v) is 6.68. The fraction of sp³-hybridized carbons (Fsp3) is 0.125. The average molecular weight is 302 g/mol. The van der Waals surface area contributed by atoms with Crippen LogP contribution in [0.25, 0.3) is 0 Å². The third-order valence-corrected chi connectivity index (χ3v) is 2.99. The van der Waals surface area contributed by atoms with Gasteiger partial charge in [0.15, 0.2) is 0 Å². The van der Waals surface area contributed by atoms with Crippen LogP contribution >= 0.6 is 0 Å². The number of phenols is 1. The molecule has 2 aromatic rings. The number of nitrogens with one attached hydrogen (secondary N) is 2. The maximum absolute atomic E-state index is 13.0. The van der Waals surface area contributed by atoms with Crippen molar-refractivity contribution in [3.63, 3.8) is 0 Å².